The second-order valence-corrected chi connectivity index (χ2v) is 8.37. The number of hydrogen-bond acceptors (Lipinski definition) is 5. The van der Waals surface area contributed by atoms with E-state index in [0.29, 0.717) is 11.3 Å². The van der Waals surface area contributed by atoms with E-state index in [9.17, 15) is 24.0 Å². The smallest absolute Gasteiger partial charge is 0.321 e. The van der Waals surface area contributed by atoms with Crippen LogP contribution in [0.1, 0.15) is 50.2 Å². The lowest BCUT2D eigenvalue weighted by atomic mass is 10.0. The van der Waals surface area contributed by atoms with E-state index in [2.05, 4.69) is 10.6 Å². The van der Waals surface area contributed by atoms with Gasteiger partial charge >= 0.3 is 6.03 Å². The molecule has 0 saturated carbocycles. The molecule has 2 aromatic rings. The van der Waals surface area contributed by atoms with Gasteiger partial charge in [0.1, 0.15) is 6.04 Å². The summed E-state index contributed by atoms with van der Waals surface area (Å²) >= 11 is 0. The fourth-order valence-corrected chi connectivity index (χ4v) is 4.08. The number of fused-ring (bicyclic) bond motifs is 1. The third-order valence-electron chi connectivity index (χ3n) is 6.07. The third kappa shape index (κ3) is 4.09. The topological polar surface area (TPSA) is 116 Å². The van der Waals surface area contributed by atoms with Crippen molar-refractivity contribution in [1.82, 2.24) is 15.1 Å². The van der Waals surface area contributed by atoms with Crippen LogP contribution in [0, 0.1) is 13.8 Å². The number of carbonyl (C=O) groups is 5. The largest absolute Gasteiger partial charge is 0.323 e. The third-order valence-corrected chi connectivity index (χ3v) is 6.07. The minimum atomic E-state index is -1.03. The minimum Gasteiger partial charge on any atom is -0.323 e. The molecule has 2 aromatic carbocycles. The molecule has 2 heterocycles. The summed E-state index contributed by atoms with van der Waals surface area (Å²) in [5.41, 5.74) is 3.68. The second kappa shape index (κ2) is 8.50. The normalized spacial score (nSPS) is 17.7. The monoisotopic (exact) mass is 448 g/mol. The Morgan fingerprint density at radius 3 is 2.55 bits per heavy atom. The first-order valence-corrected chi connectivity index (χ1v) is 10.6. The van der Waals surface area contributed by atoms with Crippen molar-refractivity contribution in [2.45, 2.75) is 39.3 Å². The van der Waals surface area contributed by atoms with Crippen LogP contribution in [0.15, 0.2) is 36.4 Å². The number of urea groups is 1. The molecule has 33 heavy (non-hydrogen) atoms. The molecule has 1 fully saturated rings. The van der Waals surface area contributed by atoms with Crippen molar-refractivity contribution in [3.63, 3.8) is 0 Å². The molecule has 1 saturated heterocycles. The van der Waals surface area contributed by atoms with Crippen LogP contribution >= 0.6 is 0 Å². The average Bonchev–Trinajstić information content (AvgIpc) is 3.02. The molecule has 170 valence electrons. The zero-order chi connectivity index (χ0) is 23.9. The van der Waals surface area contributed by atoms with Crippen molar-refractivity contribution < 1.29 is 24.0 Å². The van der Waals surface area contributed by atoms with Gasteiger partial charge in [-0.1, -0.05) is 18.2 Å². The van der Waals surface area contributed by atoms with Gasteiger partial charge in [0.2, 0.25) is 11.8 Å². The van der Waals surface area contributed by atoms with E-state index < -0.39 is 29.7 Å². The van der Waals surface area contributed by atoms with Crippen LogP contribution in [-0.4, -0.2) is 52.5 Å². The second-order valence-electron chi connectivity index (χ2n) is 8.37. The van der Waals surface area contributed by atoms with Gasteiger partial charge in [-0.2, -0.15) is 0 Å². The molecule has 9 heteroatoms. The molecule has 9 nitrogen and oxygen atoms in total. The number of anilines is 1. The highest BCUT2D eigenvalue weighted by Crippen LogP contribution is 2.30. The van der Waals surface area contributed by atoms with Crippen molar-refractivity contribution in [3.05, 3.63) is 64.2 Å². The van der Waals surface area contributed by atoms with Crippen molar-refractivity contribution in [1.29, 1.82) is 0 Å². The number of nitrogens with one attached hydrogen (secondary N) is 2. The van der Waals surface area contributed by atoms with Crippen molar-refractivity contribution in [2.75, 3.05) is 12.4 Å². The Morgan fingerprint density at radius 2 is 1.85 bits per heavy atom. The summed E-state index contributed by atoms with van der Waals surface area (Å²) < 4.78 is 0. The molecule has 1 unspecified atom stereocenters. The van der Waals surface area contributed by atoms with Crippen LogP contribution in [0.4, 0.5) is 10.5 Å². The number of piperidine rings is 1. The Kier molecular flexibility index (Phi) is 5.71. The van der Waals surface area contributed by atoms with Gasteiger partial charge in [0.15, 0.2) is 0 Å². The van der Waals surface area contributed by atoms with E-state index >= 15 is 0 Å². The first-order valence-electron chi connectivity index (χ1n) is 10.6. The highest BCUT2D eigenvalue weighted by atomic mass is 16.2. The van der Waals surface area contributed by atoms with Gasteiger partial charge in [0.25, 0.3) is 11.8 Å². The van der Waals surface area contributed by atoms with Crippen molar-refractivity contribution in [2.24, 2.45) is 0 Å². The van der Waals surface area contributed by atoms with E-state index in [-0.39, 0.29) is 36.5 Å². The summed E-state index contributed by atoms with van der Waals surface area (Å²) in [5.74, 6) is -2.26. The van der Waals surface area contributed by atoms with Crippen LogP contribution in [0.3, 0.4) is 0 Å². The zero-order valence-corrected chi connectivity index (χ0v) is 18.6. The number of aryl methyl sites for hydroxylation is 2. The molecular formula is C24H24N4O5. The molecule has 1 atom stereocenters. The van der Waals surface area contributed by atoms with Crippen molar-refractivity contribution >= 4 is 35.3 Å². The van der Waals surface area contributed by atoms with E-state index in [0.717, 1.165) is 16.0 Å². The highest BCUT2D eigenvalue weighted by molar-refractivity contribution is 6.24. The Labute approximate surface area is 190 Å². The molecule has 0 spiro atoms. The molecule has 6 amide bonds. The van der Waals surface area contributed by atoms with Gasteiger partial charge < -0.3 is 10.2 Å². The predicted molar refractivity (Wildman–Crippen MR) is 120 cm³/mol. The van der Waals surface area contributed by atoms with Gasteiger partial charge in [0.05, 0.1) is 11.1 Å². The fraction of sp³-hybridized carbons (Fsp3) is 0.292. The number of imide groups is 2. The molecule has 4 rings (SSSR count). The Bertz CT molecular complexity index is 1210. The number of amides is 6. The summed E-state index contributed by atoms with van der Waals surface area (Å²) in [5, 5.41) is 5.01. The van der Waals surface area contributed by atoms with Gasteiger partial charge in [0, 0.05) is 25.7 Å². The first kappa shape index (κ1) is 22.2. The summed E-state index contributed by atoms with van der Waals surface area (Å²) in [7, 11) is 1.59. The zero-order valence-electron chi connectivity index (χ0n) is 18.6. The Hall–Kier alpha value is -4.01. The van der Waals surface area contributed by atoms with E-state index in [1.165, 1.54) is 11.0 Å². The van der Waals surface area contributed by atoms with Gasteiger partial charge in [-0.3, -0.25) is 29.4 Å². The first-order chi connectivity index (χ1) is 15.7. The lowest BCUT2D eigenvalue weighted by molar-refractivity contribution is -0.136. The van der Waals surface area contributed by atoms with Crippen LogP contribution in [-0.2, 0) is 16.1 Å². The van der Waals surface area contributed by atoms with Gasteiger partial charge in [-0.05, 0) is 55.2 Å². The molecule has 0 radical (unpaired) electrons. The predicted octanol–water partition coefficient (Wildman–Crippen LogP) is 2.37. The Balaban J connectivity index is 1.53. The standard InChI is InChI=1S/C24H24N4O5/c1-13-7-8-16(11-14(13)2)25-24(33)27(3)12-15-5-4-6-17-20(15)23(32)28(22(17)31)18-9-10-19(29)26-21(18)30/h4-8,11,18H,9-10,12H2,1-3H3,(H,25,33)(H,26,29,30). The SMILES string of the molecule is Cc1ccc(NC(=O)N(C)Cc2cccc3c2C(=O)N(C2CCC(=O)NC2=O)C3=O)cc1C. The molecule has 0 aliphatic carbocycles. The molecule has 2 aliphatic heterocycles. The van der Waals surface area contributed by atoms with Crippen LogP contribution in [0.25, 0.3) is 0 Å². The van der Waals surface area contributed by atoms with Crippen LogP contribution in [0.5, 0.6) is 0 Å². The molecule has 2 aliphatic rings. The molecule has 0 aromatic heterocycles. The van der Waals surface area contributed by atoms with Crippen molar-refractivity contribution in [3.8, 4) is 0 Å². The summed E-state index contributed by atoms with van der Waals surface area (Å²) in [6.07, 6.45) is 0.141. The molecule has 2 N–H and O–H groups in total. The number of carbonyl (C=O) groups excluding carboxylic acids is 5. The lowest BCUT2D eigenvalue weighted by Crippen LogP contribution is -2.54. The maximum Gasteiger partial charge on any atom is 0.321 e. The highest BCUT2D eigenvalue weighted by Gasteiger charge is 2.45. The van der Waals surface area contributed by atoms with E-state index in [1.807, 2.05) is 32.0 Å². The van der Waals surface area contributed by atoms with Gasteiger partial charge in [-0.15, -0.1) is 0 Å². The average molecular weight is 448 g/mol. The number of rotatable bonds is 4. The quantitative estimate of drug-likeness (QED) is 0.697. The molecular weight excluding hydrogens is 424 g/mol. The van der Waals surface area contributed by atoms with Crippen LogP contribution in [0.2, 0.25) is 0 Å². The minimum absolute atomic E-state index is 0.0536. The number of nitrogens with zero attached hydrogens (tertiary/aromatic N) is 2. The van der Waals surface area contributed by atoms with E-state index in [1.54, 1.807) is 19.2 Å². The van der Waals surface area contributed by atoms with E-state index in [4.69, 9.17) is 0 Å². The maximum atomic E-state index is 13.2. The lowest BCUT2D eigenvalue weighted by Gasteiger charge is -2.28. The Morgan fingerprint density at radius 1 is 1.09 bits per heavy atom. The van der Waals surface area contributed by atoms with Crippen LogP contribution < -0.4 is 10.6 Å². The summed E-state index contributed by atoms with van der Waals surface area (Å²) in [6.45, 7) is 4.03. The summed E-state index contributed by atoms with van der Waals surface area (Å²) in [4.78, 5) is 64.9. The number of benzene rings is 2. The number of hydrogen-bond donors (Lipinski definition) is 2. The fourth-order valence-electron chi connectivity index (χ4n) is 4.08. The molecule has 0 bridgehead atoms. The maximum absolute atomic E-state index is 13.2. The van der Waals surface area contributed by atoms with Gasteiger partial charge in [-0.25, -0.2) is 4.79 Å². The summed E-state index contributed by atoms with van der Waals surface area (Å²) in [6, 6.07) is 9.06.